The fourth-order valence-corrected chi connectivity index (χ4v) is 2.23. The van der Waals surface area contributed by atoms with Crippen molar-refractivity contribution in [1.82, 2.24) is 0 Å². The summed E-state index contributed by atoms with van der Waals surface area (Å²) in [7, 11) is 0. The summed E-state index contributed by atoms with van der Waals surface area (Å²) in [5.41, 5.74) is 7.29. The lowest BCUT2D eigenvalue weighted by Crippen LogP contribution is -2.20. The third-order valence-electron chi connectivity index (χ3n) is 1.73. The van der Waals surface area contributed by atoms with Gasteiger partial charge in [-0.25, -0.2) is 0 Å². The molecule has 0 heterocycles. The minimum Gasteiger partial charge on any atom is -0.319 e. The van der Waals surface area contributed by atoms with Crippen molar-refractivity contribution in [2.45, 2.75) is 30.9 Å². The molecule has 1 aromatic carbocycles. The second kappa shape index (κ2) is 5.30. The lowest BCUT2D eigenvalue weighted by atomic mass is 10.2. The Morgan fingerprint density at radius 1 is 1.23 bits per heavy atom. The van der Waals surface area contributed by atoms with Gasteiger partial charge in [0.2, 0.25) is 0 Å². The summed E-state index contributed by atoms with van der Waals surface area (Å²) in [5, 5.41) is 0.834. The molecule has 1 atom stereocenters. The van der Waals surface area contributed by atoms with Crippen molar-refractivity contribution >= 4 is 11.8 Å². The van der Waals surface area contributed by atoms with Crippen molar-refractivity contribution < 1.29 is 0 Å². The average molecular weight is 195 g/mol. The normalized spacial score (nSPS) is 13.2. The van der Waals surface area contributed by atoms with Crippen LogP contribution in [0.3, 0.4) is 0 Å². The topological polar surface area (TPSA) is 26.0 Å². The van der Waals surface area contributed by atoms with Gasteiger partial charge in [0.1, 0.15) is 0 Å². The third kappa shape index (κ3) is 4.34. The smallest absolute Gasteiger partial charge is 0.0550 e. The molecule has 0 fully saturated rings. The van der Waals surface area contributed by atoms with E-state index in [0.29, 0.717) is 5.25 Å². The van der Waals surface area contributed by atoms with Crippen molar-refractivity contribution in [3.05, 3.63) is 35.9 Å². The van der Waals surface area contributed by atoms with Crippen molar-refractivity contribution in [2.24, 2.45) is 5.73 Å². The Morgan fingerprint density at radius 3 is 2.38 bits per heavy atom. The molecule has 0 radical (unpaired) electrons. The predicted octanol–water partition coefficient (Wildman–Crippen LogP) is 2.66. The fraction of sp³-hybridized carbons (Fsp3) is 0.455. The number of hydrogen-bond acceptors (Lipinski definition) is 2. The SMILES string of the molecule is CC(C)SC(N)Cc1ccccc1. The molecule has 0 aliphatic rings. The van der Waals surface area contributed by atoms with Crippen LogP contribution in [0.2, 0.25) is 0 Å². The molecule has 0 aromatic heterocycles. The van der Waals surface area contributed by atoms with Crippen LogP contribution in [0.25, 0.3) is 0 Å². The highest BCUT2D eigenvalue weighted by atomic mass is 32.2. The summed E-state index contributed by atoms with van der Waals surface area (Å²) in [6.07, 6.45) is 0.962. The molecule has 72 valence electrons. The first-order chi connectivity index (χ1) is 6.18. The number of rotatable bonds is 4. The highest BCUT2D eigenvalue weighted by Gasteiger charge is 2.05. The van der Waals surface area contributed by atoms with E-state index in [0.717, 1.165) is 6.42 Å². The van der Waals surface area contributed by atoms with Crippen molar-refractivity contribution in [3.63, 3.8) is 0 Å². The lowest BCUT2D eigenvalue weighted by Gasteiger charge is -2.13. The summed E-state index contributed by atoms with van der Waals surface area (Å²) < 4.78 is 0. The van der Waals surface area contributed by atoms with Crippen LogP contribution < -0.4 is 5.73 Å². The molecule has 2 heteroatoms. The Labute approximate surface area is 84.7 Å². The maximum atomic E-state index is 5.97. The van der Waals surface area contributed by atoms with E-state index in [9.17, 15) is 0 Å². The van der Waals surface area contributed by atoms with Crippen molar-refractivity contribution in [1.29, 1.82) is 0 Å². The van der Waals surface area contributed by atoms with Gasteiger partial charge < -0.3 is 5.73 Å². The van der Waals surface area contributed by atoms with Crippen molar-refractivity contribution in [3.8, 4) is 0 Å². The molecule has 2 N–H and O–H groups in total. The van der Waals surface area contributed by atoms with Gasteiger partial charge in [0.15, 0.2) is 0 Å². The van der Waals surface area contributed by atoms with Gasteiger partial charge in [0, 0.05) is 5.25 Å². The zero-order valence-corrected chi connectivity index (χ0v) is 9.05. The molecule has 0 spiro atoms. The Morgan fingerprint density at radius 2 is 1.85 bits per heavy atom. The van der Waals surface area contributed by atoms with Crippen LogP contribution in [0.1, 0.15) is 19.4 Å². The third-order valence-corrected chi connectivity index (χ3v) is 2.79. The molecule has 0 saturated heterocycles. The van der Waals surface area contributed by atoms with E-state index in [1.807, 2.05) is 17.8 Å². The second-order valence-corrected chi connectivity index (χ2v) is 5.23. The summed E-state index contributed by atoms with van der Waals surface area (Å²) in [6, 6.07) is 10.4. The molecule has 0 amide bonds. The maximum absolute atomic E-state index is 5.97. The molecule has 0 aliphatic carbocycles. The molecular formula is C11H17NS. The van der Waals surface area contributed by atoms with E-state index in [2.05, 4.69) is 38.1 Å². The summed E-state index contributed by atoms with van der Waals surface area (Å²) >= 11 is 1.83. The van der Waals surface area contributed by atoms with Crippen molar-refractivity contribution in [2.75, 3.05) is 0 Å². The Kier molecular flexibility index (Phi) is 4.33. The molecule has 0 bridgehead atoms. The van der Waals surface area contributed by atoms with Crippen LogP contribution in [-0.2, 0) is 6.42 Å². The first-order valence-electron chi connectivity index (χ1n) is 4.63. The standard InChI is InChI=1S/C11H17NS/c1-9(2)13-11(12)8-10-6-4-3-5-7-10/h3-7,9,11H,8,12H2,1-2H3. The highest BCUT2D eigenvalue weighted by Crippen LogP contribution is 2.16. The summed E-state index contributed by atoms with van der Waals surface area (Å²) in [5.74, 6) is 0. The Hall–Kier alpha value is -0.470. The van der Waals surface area contributed by atoms with Crippen LogP contribution in [0.15, 0.2) is 30.3 Å². The molecule has 1 aromatic rings. The highest BCUT2D eigenvalue weighted by molar-refractivity contribution is 8.00. The number of benzene rings is 1. The zero-order valence-electron chi connectivity index (χ0n) is 8.23. The van der Waals surface area contributed by atoms with Gasteiger partial charge in [-0.05, 0) is 12.0 Å². The average Bonchev–Trinajstić information content (AvgIpc) is 2.04. The van der Waals surface area contributed by atoms with Crippen LogP contribution in [-0.4, -0.2) is 10.6 Å². The first kappa shape index (κ1) is 10.6. The Balaban J connectivity index is 2.41. The maximum Gasteiger partial charge on any atom is 0.0550 e. The number of hydrogen-bond donors (Lipinski definition) is 1. The number of thioether (sulfide) groups is 1. The molecule has 0 aliphatic heterocycles. The van der Waals surface area contributed by atoms with E-state index in [-0.39, 0.29) is 5.37 Å². The molecule has 0 saturated carbocycles. The lowest BCUT2D eigenvalue weighted by molar-refractivity contribution is 0.891. The van der Waals surface area contributed by atoms with Crippen LogP contribution in [0, 0.1) is 0 Å². The first-order valence-corrected chi connectivity index (χ1v) is 5.57. The Bertz CT molecular complexity index is 233. The van der Waals surface area contributed by atoms with Gasteiger partial charge in [0.05, 0.1) is 5.37 Å². The minimum absolute atomic E-state index is 0.224. The largest absolute Gasteiger partial charge is 0.319 e. The van der Waals surface area contributed by atoms with Gasteiger partial charge in [0.25, 0.3) is 0 Å². The van der Waals surface area contributed by atoms with E-state index < -0.39 is 0 Å². The molecule has 13 heavy (non-hydrogen) atoms. The second-order valence-electron chi connectivity index (χ2n) is 3.41. The monoisotopic (exact) mass is 195 g/mol. The van der Waals surface area contributed by atoms with Crippen LogP contribution in [0.5, 0.6) is 0 Å². The van der Waals surface area contributed by atoms with E-state index in [4.69, 9.17) is 5.73 Å². The van der Waals surface area contributed by atoms with E-state index in [1.165, 1.54) is 5.56 Å². The summed E-state index contributed by atoms with van der Waals surface area (Å²) in [4.78, 5) is 0. The zero-order chi connectivity index (χ0) is 9.68. The van der Waals surface area contributed by atoms with Crippen LogP contribution >= 0.6 is 11.8 Å². The van der Waals surface area contributed by atoms with Crippen LogP contribution in [0.4, 0.5) is 0 Å². The van der Waals surface area contributed by atoms with Gasteiger partial charge in [-0.3, -0.25) is 0 Å². The number of nitrogens with two attached hydrogens (primary N) is 1. The van der Waals surface area contributed by atoms with Gasteiger partial charge in [-0.2, -0.15) is 0 Å². The summed E-state index contributed by atoms with van der Waals surface area (Å²) in [6.45, 7) is 4.35. The molecule has 1 nitrogen and oxygen atoms in total. The van der Waals surface area contributed by atoms with E-state index >= 15 is 0 Å². The van der Waals surface area contributed by atoms with E-state index in [1.54, 1.807) is 0 Å². The minimum atomic E-state index is 0.224. The molecule has 1 rings (SSSR count). The van der Waals surface area contributed by atoms with Gasteiger partial charge in [-0.1, -0.05) is 44.2 Å². The molecule has 1 unspecified atom stereocenters. The quantitative estimate of drug-likeness (QED) is 0.747. The van der Waals surface area contributed by atoms with Gasteiger partial charge in [-0.15, -0.1) is 11.8 Å². The molecular weight excluding hydrogens is 178 g/mol. The predicted molar refractivity (Wildman–Crippen MR) is 60.8 cm³/mol. The van der Waals surface area contributed by atoms with Gasteiger partial charge >= 0.3 is 0 Å². The fourth-order valence-electron chi connectivity index (χ4n) is 1.24.